The molecule has 2 amide bonds. The van der Waals surface area contributed by atoms with Crippen molar-refractivity contribution >= 4 is 27.5 Å². The van der Waals surface area contributed by atoms with Crippen molar-refractivity contribution in [3.63, 3.8) is 0 Å². The second kappa shape index (κ2) is 9.99. The Labute approximate surface area is 171 Å². The van der Waals surface area contributed by atoms with Gasteiger partial charge in [0.2, 0.25) is 10.0 Å². The quantitative estimate of drug-likeness (QED) is 0.616. The summed E-state index contributed by atoms with van der Waals surface area (Å²) < 4.78 is 26.5. The SMILES string of the molecule is C=CCNS(=O)(=O)c1ccc(C(=O)Nc2cccc(C(=O)N(CC)CC)c2)cc1. The van der Waals surface area contributed by atoms with Crippen LogP contribution in [-0.2, 0) is 10.0 Å². The molecular weight excluding hydrogens is 390 g/mol. The van der Waals surface area contributed by atoms with Crippen LogP contribution < -0.4 is 10.0 Å². The molecule has 0 aliphatic heterocycles. The van der Waals surface area contributed by atoms with E-state index in [4.69, 9.17) is 0 Å². The maximum Gasteiger partial charge on any atom is 0.255 e. The van der Waals surface area contributed by atoms with Gasteiger partial charge in [-0.3, -0.25) is 9.59 Å². The minimum Gasteiger partial charge on any atom is -0.339 e. The largest absolute Gasteiger partial charge is 0.339 e. The molecule has 0 aromatic heterocycles. The summed E-state index contributed by atoms with van der Waals surface area (Å²) in [5.41, 5.74) is 1.27. The van der Waals surface area contributed by atoms with Crippen LogP contribution in [-0.4, -0.2) is 44.8 Å². The summed E-state index contributed by atoms with van der Waals surface area (Å²) in [5, 5.41) is 2.73. The van der Waals surface area contributed by atoms with Gasteiger partial charge in [0.15, 0.2) is 0 Å². The Morgan fingerprint density at radius 1 is 1.03 bits per heavy atom. The molecule has 7 nitrogen and oxygen atoms in total. The monoisotopic (exact) mass is 415 g/mol. The number of hydrogen-bond donors (Lipinski definition) is 2. The van der Waals surface area contributed by atoms with Crippen molar-refractivity contribution in [3.05, 3.63) is 72.3 Å². The molecule has 8 heteroatoms. The highest BCUT2D eigenvalue weighted by atomic mass is 32.2. The smallest absolute Gasteiger partial charge is 0.255 e. The standard InChI is InChI=1S/C21H25N3O4S/c1-4-14-22-29(27,28)19-12-10-16(11-13-19)20(25)23-18-9-7-8-17(15-18)21(26)24(5-2)6-3/h4,7-13,15,22H,1,5-6,14H2,2-3H3,(H,23,25). The average Bonchev–Trinajstić information content (AvgIpc) is 2.73. The maximum absolute atomic E-state index is 12.5. The molecule has 29 heavy (non-hydrogen) atoms. The molecule has 0 radical (unpaired) electrons. The summed E-state index contributed by atoms with van der Waals surface area (Å²) in [6.07, 6.45) is 1.44. The highest BCUT2D eigenvalue weighted by molar-refractivity contribution is 7.89. The number of nitrogens with zero attached hydrogens (tertiary/aromatic N) is 1. The third-order valence-electron chi connectivity index (χ3n) is 4.26. The van der Waals surface area contributed by atoms with Crippen LogP contribution in [0, 0.1) is 0 Å². The van der Waals surface area contributed by atoms with Crippen molar-refractivity contribution in [2.24, 2.45) is 0 Å². The molecule has 2 aromatic carbocycles. The molecule has 0 atom stereocenters. The zero-order chi connectivity index (χ0) is 21.4. The van der Waals surface area contributed by atoms with Crippen LogP contribution in [0.5, 0.6) is 0 Å². The minimum absolute atomic E-state index is 0.0581. The number of anilines is 1. The highest BCUT2D eigenvalue weighted by Gasteiger charge is 2.15. The van der Waals surface area contributed by atoms with Crippen LogP contribution in [0.25, 0.3) is 0 Å². The summed E-state index contributed by atoms with van der Waals surface area (Å²) in [7, 11) is -3.65. The predicted molar refractivity (Wildman–Crippen MR) is 113 cm³/mol. The van der Waals surface area contributed by atoms with E-state index in [2.05, 4.69) is 16.6 Å². The number of hydrogen-bond acceptors (Lipinski definition) is 4. The zero-order valence-electron chi connectivity index (χ0n) is 16.5. The summed E-state index contributed by atoms with van der Waals surface area (Å²) in [5.74, 6) is -0.506. The first kappa shape index (κ1) is 22.3. The summed E-state index contributed by atoms with van der Waals surface area (Å²) in [6, 6.07) is 12.3. The number of carbonyl (C=O) groups excluding carboxylic acids is 2. The predicted octanol–water partition coefficient (Wildman–Crippen LogP) is 2.89. The molecule has 2 rings (SSSR count). The summed E-state index contributed by atoms with van der Waals surface area (Å²) in [6.45, 7) is 8.60. The first-order valence-electron chi connectivity index (χ1n) is 9.23. The highest BCUT2D eigenvalue weighted by Crippen LogP contribution is 2.16. The molecule has 2 aromatic rings. The van der Waals surface area contributed by atoms with Crippen molar-refractivity contribution in [2.75, 3.05) is 25.0 Å². The number of sulfonamides is 1. The van der Waals surface area contributed by atoms with Crippen molar-refractivity contribution in [1.29, 1.82) is 0 Å². The second-order valence-electron chi connectivity index (χ2n) is 6.18. The first-order valence-corrected chi connectivity index (χ1v) is 10.7. The van der Waals surface area contributed by atoms with Gasteiger partial charge in [-0.1, -0.05) is 12.1 Å². The lowest BCUT2D eigenvalue weighted by Gasteiger charge is -2.19. The molecule has 0 fully saturated rings. The van der Waals surface area contributed by atoms with Gasteiger partial charge in [-0.25, -0.2) is 13.1 Å². The number of benzene rings is 2. The van der Waals surface area contributed by atoms with Gasteiger partial charge in [-0.2, -0.15) is 0 Å². The molecule has 0 unspecified atom stereocenters. The van der Waals surface area contributed by atoms with E-state index >= 15 is 0 Å². The summed E-state index contributed by atoms with van der Waals surface area (Å²) in [4.78, 5) is 26.7. The molecule has 0 saturated carbocycles. The van der Waals surface area contributed by atoms with Crippen LogP contribution in [0.1, 0.15) is 34.6 Å². The van der Waals surface area contributed by atoms with E-state index in [0.717, 1.165) is 0 Å². The summed E-state index contributed by atoms with van der Waals surface area (Å²) >= 11 is 0. The average molecular weight is 416 g/mol. The Bertz CT molecular complexity index is 981. The number of carbonyl (C=O) groups is 2. The van der Waals surface area contributed by atoms with E-state index in [1.165, 1.54) is 30.3 Å². The van der Waals surface area contributed by atoms with Gasteiger partial charge in [0, 0.05) is 36.4 Å². The lowest BCUT2D eigenvalue weighted by Crippen LogP contribution is -2.30. The molecular formula is C21H25N3O4S. The van der Waals surface area contributed by atoms with Gasteiger partial charge in [0.1, 0.15) is 0 Å². The Kier molecular flexibility index (Phi) is 7.69. The number of nitrogens with one attached hydrogen (secondary N) is 2. The Morgan fingerprint density at radius 3 is 2.28 bits per heavy atom. The molecule has 0 saturated heterocycles. The maximum atomic E-state index is 12.5. The lowest BCUT2D eigenvalue weighted by atomic mass is 10.1. The van der Waals surface area contributed by atoms with E-state index in [1.54, 1.807) is 29.2 Å². The molecule has 0 heterocycles. The second-order valence-corrected chi connectivity index (χ2v) is 7.94. The van der Waals surface area contributed by atoms with Gasteiger partial charge in [0.25, 0.3) is 11.8 Å². The Hall–Kier alpha value is -2.97. The fourth-order valence-corrected chi connectivity index (χ4v) is 3.66. The van der Waals surface area contributed by atoms with E-state index in [-0.39, 0.29) is 17.3 Å². The zero-order valence-corrected chi connectivity index (χ0v) is 17.3. The van der Waals surface area contributed by atoms with Gasteiger partial charge in [0.05, 0.1) is 4.90 Å². The van der Waals surface area contributed by atoms with E-state index in [0.29, 0.717) is 29.9 Å². The van der Waals surface area contributed by atoms with Gasteiger partial charge < -0.3 is 10.2 Å². The minimum atomic E-state index is -3.65. The molecule has 2 N–H and O–H groups in total. The Morgan fingerprint density at radius 2 is 1.69 bits per heavy atom. The lowest BCUT2D eigenvalue weighted by molar-refractivity contribution is 0.0772. The van der Waals surface area contributed by atoms with E-state index < -0.39 is 15.9 Å². The van der Waals surface area contributed by atoms with Crippen LogP contribution >= 0.6 is 0 Å². The van der Waals surface area contributed by atoms with Crippen molar-refractivity contribution in [1.82, 2.24) is 9.62 Å². The molecule has 0 spiro atoms. The van der Waals surface area contributed by atoms with Gasteiger partial charge >= 0.3 is 0 Å². The first-order chi connectivity index (χ1) is 13.8. The fourth-order valence-electron chi connectivity index (χ4n) is 2.66. The molecule has 0 bridgehead atoms. The normalized spacial score (nSPS) is 11.0. The molecule has 0 aliphatic carbocycles. The topological polar surface area (TPSA) is 95.6 Å². The molecule has 154 valence electrons. The fraction of sp³-hybridized carbons (Fsp3) is 0.238. The van der Waals surface area contributed by atoms with Crippen molar-refractivity contribution < 1.29 is 18.0 Å². The van der Waals surface area contributed by atoms with Crippen LogP contribution in [0.2, 0.25) is 0 Å². The Balaban J connectivity index is 2.14. The van der Waals surface area contributed by atoms with Gasteiger partial charge in [-0.05, 0) is 56.3 Å². The van der Waals surface area contributed by atoms with Crippen LogP contribution in [0.15, 0.2) is 66.1 Å². The van der Waals surface area contributed by atoms with Crippen molar-refractivity contribution in [2.45, 2.75) is 18.7 Å². The van der Waals surface area contributed by atoms with Gasteiger partial charge in [-0.15, -0.1) is 6.58 Å². The van der Waals surface area contributed by atoms with E-state index in [9.17, 15) is 18.0 Å². The third-order valence-corrected chi connectivity index (χ3v) is 5.70. The van der Waals surface area contributed by atoms with Crippen molar-refractivity contribution in [3.8, 4) is 0 Å². The van der Waals surface area contributed by atoms with Crippen LogP contribution in [0.3, 0.4) is 0 Å². The van der Waals surface area contributed by atoms with Crippen LogP contribution in [0.4, 0.5) is 5.69 Å². The molecule has 0 aliphatic rings. The number of amides is 2. The van der Waals surface area contributed by atoms with E-state index in [1.807, 2.05) is 13.8 Å². The third kappa shape index (κ3) is 5.75. The number of rotatable bonds is 9.